The Morgan fingerprint density at radius 2 is 2.30 bits per heavy atom. The van der Waals surface area contributed by atoms with Gasteiger partial charge >= 0.3 is 0 Å². The maximum Gasteiger partial charge on any atom is 0.249 e. The Kier molecular flexibility index (Phi) is 4.14. The largest absolute Gasteiger partial charge is 0.497 e. The Hall–Kier alpha value is -2.21. The molecule has 1 amide bonds. The van der Waals surface area contributed by atoms with E-state index in [1.807, 2.05) is 0 Å². The molecule has 20 heavy (non-hydrogen) atoms. The number of aromatic nitrogens is 2. The highest BCUT2D eigenvalue weighted by atomic mass is 35.5. The third-order valence-corrected chi connectivity index (χ3v) is 3.06. The maximum atomic E-state index is 12.1. The molecule has 2 aromatic rings. The highest BCUT2D eigenvalue weighted by Gasteiger charge is 2.17. The van der Waals surface area contributed by atoms with Crippen molar-refractivity contribution in [3.63, 3.8) is 0 Å². The molecule has 1 aromatic heterocycles. The molecule has 1 aromatic carbocycles. The number of hydrogen-bond donors (Lipinski definition) is 2. The maximum absolute atomic E-state index is 12.1. The number of ether oxygens (including phenoxy) is 1. The van der Waals surface area contributed by atoms with Gasteiger partial charge in [0.25, 0.3) is 0 Å². The number of rotatable bonds is 4. The highest BCUT2D eigenvalue weighted by molar-refractivity contribution is 6.30. The van der Waals surface area contributed by atoms with Crippen LogP contribution in [0.5, 0.6) is 5.75 Å². The van der Waals surface area contributed by atoms with E-state index in [1.54, 1.807) is 38.4 Å². The molecule has 0 aliphatic heterocycles. The minimum Gasteiger partial charge on any atom is -0.497 e. The monoisotopic (exact) mass is 294 g/mol. The molecule has 0 saturated carbocycles. The van der Waals surface area contributed by atoms with Gasteiger partial charge < -0.3 is 15.8 Å². The molecule has 1 unspecified atom stereocenters. The third-order valence-electron chi connectivity index (χ3n) is 2.86. The molecule has 0 aliphatic carbocycles. The minimum atomic E-state index is -0.496. The third kappa shape index (κ3) is 3.03. The number of hydrogen-bond acceptors (Lipinski definition) is 4. The van der Waals surface area contributed by atoms with Crippen molar-refractivity contribution in [2.75, 3.05) is 18.2 Å². The summed E-state index contributed by atoms with van der Waals surface area (Å²) in [5.74, 6) is 0.397. The molecule has 6 nitrogen and oxygen atoms in total. The Labute approximate surface area is 121 Å². The number of carbonyl (C=O) groups excluding carboxylic acids is 1. The van der Waals surface area contributed by atoms with E-state index in [4.69, 9.17) is 22.1 Å². The van der Waals surface area contributed by atoms with Crippen LogP contribution in [0.2, 0.25) is 5.02 Å². The molecule has 0 spiro atoms. The van der Waals surface area contributed by atoms with Gasteiger partial charge in [0.1, 0.15) is 11.8 Å². The summed E-state index contributed by atoms with van der Waals surface area (Å²) in [5.41, 5.74) is 6.81. The van der Waals surface area contributed by atoms with Gasteiger partial charge in [-0.3, -0.25) is 9.48 Å². The second-order valence-electron chi connectivity index (χ2n) is 4.26. The van der Waals surface area contributed by atoms with Crippen molar-refractivity contribution in [3.8, 4) is 5.75 Å². The summed E-state index contributed by atoms with van der Waals surface area (Å²) in [5, 5.41) is 7.23. The predicted molar refractivity (Wildman–Crippen MR) is 78.0 cm³/mol. The summed E-state index contributed by atoms with van der Waals surface area (Å²) in [4.78, 5) is 12.1. The molecule has 7 heteroatoms. The van der Waals surface area contributed by atoms with Crippen molar-refractivity contribution in [3.05, 3.63) is 35.6 Å². The van der Waals surface area contributed by atoms with E-state index >= 15 is 0 Å². The van der Waals surface area contributed by atoms with Crippen molar-refractivity contribution >= 4 is 28.9 Å². The first-order chi connectivity index (χ1) is 9.51. The van der Waals surface area contributed by atoms with Crippen LogP contribution < -0.4 is 15.8 Å². The van der Waals surface area contributed by atoms with Gasteiger partial charge in [-0.15, -0.1) is 0 Å². The van der Waals surface area contributed by atoms with Crippen molar-refractivity contribution in [2.24, 2.45) is 0 Å². The van der Waals surface area contributed by atoms with Crippen LogP contribution in [0.25, 0.3) is 0 Å². The molecule has 1 heterocycles. The van der Waals surface area contributed by atoms with Crippen LogP contribution in [0.4, 0.5) is 11.4 Å². The SMILES string of the molecule is COc1ccc(NC(=O)C(C)n2cc(Cl)cn2)c(N)c1. The molecule has 1 atom stereocenters. The first kappa shape index (κ1) is 14.2. The van der Waals surface area contributed by atoms with Crippen molar-refractivity contribution in [2.45, 2.75) is 13.0 Å². The Bertz CT molecular complexity index is 627. The lowest BCUT2D eigenvalue weighted by molar-refractivity contribution is -0.119. The lowest BCUT2D eigenvalue weighted by Gasteiger charge is -2.14. The lowest BCUT2D eigenvalue weighted by Crippen LogP contribution is -2.24. The van der Waals surface area contributed by atoms with E-state index < -0.39 is 6.04 Å². The first-order valence-corrected chi connectivity index (χ1v) is 6.33. The van der Waals surface area contributed by atoms with Crippen molar-refractivity contribution in [1.82, 2.24) is 9.78 Å². The van der Waals surface area contributed by atoms with Crippen molar-refractivity contribution in [1.29, 1.82) is 0 Å². The van der Waals surface area contributed by atoms with E-state index in [0.29, 0.717) is 22.1 Å². The van der Waals surface area contributed by atoms with Crippen LogP contribution in [-0.2, 0) is 4.79 Å². The number of nitrogen functional groups attached to an aromatic ring is 1. The van der Waals surface area contributed by atoms with Gasteiger partial charge in [-0.05, 0) is 19.1 Å². The standard InChI is InChI=1S/C13H15ClN4O2/c1-8(18-7-9(14)6-16-18)13(19)17-12-4-3-10(20-2)5-11(12)15/h3-8H,15H2,1-2H3,(H,17,19). The first-order valence-electron chi connectivity index (χ1n) is 5.95. The normalized spacial score (nSPS) is 11.9. The van der Waals surface area contributed by atoms with Gasteiger partial charge in [-0.1, -0.05) is 11.6 Å². The van der Waals surface area contributed by atoms with Gasteiger partial charge in [0.05, 0.1) is 29.7 Å². The molecule has 0 saturated heterocycles. The lowest BCUT2D eigenvalue weighted by atomic mass is 10.2. The number of methoxy groups -OCH3 is 1. The van der Waals surface area contributed by atoms with Crippen LogP contribution >= 0.6 is 11.6 Å². The molecule has 2 rings (SSSR count). The van der Waals surface area contributed by atoms with Gasteiger partial charge in [0, 0.05) is 12.3 Å². The molecular weight excluding hydrogens is 280 g/mol. The summed E-state index contributed by atoms with van der Waals surface area (Å²) < 4.78 is 6.54. The summed E-state index contributed by atoms with van der Waals surface area (Å²) in [7, 11) is 1.55. The summed E-state index contributed by atoms with van der Waals surface area (Å²) in [6.07, 6.45) is 3.07. The van der Waals surface area contributed by atoms with Gasteiger partial charge in [-0.25, -0.2) is 0 Å². The smallest absolute Gasteiger partial charge is 0.249 e. The van der Waals surface area contributed by atoms with Gasteiger partial charge in [0.15, 0.2) is 0 Å². The quantitative estimate of drug-likeness (QED) is 0.848. The number of benzene rings is 1. The van der Waals surface area contributed by atoms with E-state index in [9.17, 15) is 4.79 Å². The molecule has 0 bridgehead atoms. The molecular formula is C13H15ClN4O2. The minimum absolute atomic E-state index is 0.235. The summed E-state index contributed by atoms with van der Waals surface area (Å²) in [6.45, 7) is 1.72. The van der Waals surface area contributed by atoms with E-state index in [-0.39, 0.29) is 5.91 Å². The predicted octanol–water partition coefficient (Wildman–Crippen LogP) is 2.33. The summed E-state index contributed by atoms with van der Waals surface area (Å²) >= 11 is 5.78. The van der Waals surface area contributed by atoms with E-state index in [2.05, 4.69) is 10.4 Å². The van der Waals surface area contributed by atoms with Gasteiger partial charge in [0.2, 0.25) is 5.91 Å². The number of carbonyl (C=O) groups is 1. The molecule has 0 fully saturated rings. The number of nitrogens with one attached hydrogen (secondary N) is 1. The van der Waals surface area contributed by atoms with Crippen LogP contribution in [0.3, 0.4) is 0 Å². The summed E-state index contributed by atoms with van der Waals surface area (Å²) in [6, 6.07) is 4.56. The molecule has 3 N–H and O–H groups in total. The van der Waals surface area contributed by atoms with E-state index in [0.717, 1.165) is 0 Å². The average Bonchev–Trinajstić information content (AvgIpc) is 2.86. The number of anilines is 2. The second-order valence-corrected chi connectivity index (χ2v) is 4.69. The van der Waals surface area contributed by atoms with Crippen molar-refractivity contribution < 1.29 is 9.53 Å². The highest BCUT2D eigenvalue weighted by Crippen LogP contribution is 2.25. The Morgan fingerprint density at radius 3 is 2.85 bits per heavy atom. The molecule has 0 aliphatic rings. The molecule has 106 valence electrons. The number of nitrogens with two attached hydrogens (primary N) is 1. The number of nitrogens with zero attached hydrogens (tertiary/aromatic N) is 2. The van der Waals surface area contributed by atoms with Crippen LogP contribution in [0, 0.1) is 0 Å². The second kappa shape index (κ2) is 5.83. The molecule has 0 radical (unpaired) electrons. The van der Waals surface area contributed by atoms with E-state index in [1.165, 1.54) is 10.9 Å². The Balaban J connectivity index is 2.11. The van der Waals surface area contributed by atoms with Crippen LogP contribution in [0.1, 0.15) is 13.0 Å². The Morgan fingerprint density at radius 1 is 1.55 bits per heavy atom. The fourth-order valence-electron chi connectivity index (χ4n) is 1.67. The topological polar surface area (TPSA) is 82.2 Å². The average molecular weight is 295 g/mol. The number of amides is 1. The fourth-order valence-corrected chi connectivity index (χ4v) is 1.81. The fraction of sp³-hybridized carbons (Fsp3) is 0.231. The zero-order valence-corrected chi connectivity index (χ0v) is 11.9. The van der Waals surface area contributed by atoms with Crippen LogP contribution in [-0.4, -0.2) is 22.8 Å². The zero-order valence-electron chi connectivity index (χ0n) is 11.1. The van der Waals surface area contributed by atoms with Gasteiger partial charge in [-0.2, -0.15) is 5.10 Å². The zero-order chi connectivity index (χ0) is 14.7. The number of halogens is 1. The van der Waals surface area contributed by atoms with Crippen LogP contribution in [0.15, 0.2) is 30.6 Å².